The first kappa shape index (κ1) is 20.6. The average molecular weight is 431 g/mol. The van der Waals surface area contributed by atoms with Gasteiger partial charge in [0.1, 0.15) is 36.6 Å². The largest absolute Gasteiger partial charge is 0.387 e. The van der Waals surface area contributed by atoms with Gasteiger partial charge < -0.3 is 28.8 Å². The third-order valence-electron chi connectivity index (χ3n) is 7.89. The number of aliphatic hydroxyl groups is 1. The van der Waals surface area contributed by atoms with Gasteiger partial charge in [-0.3, -0.25) is 0 Å². The number of hydrogen-bond acceptors (Lipinski definition) is 6. The molecule has 0 bridgehead atoms. The van der Waals surface area contributed by atoms with Crippen LogP contribution in [0.25, 0.3) is 0 Å². The second kappa shape index (κ2) is 8.08. The molecule has 1 aromatic carbocycles. The third-order valence-corrected chi connectivity index (χ3v) is 7.89. The van der Waals surface area contributed by atoms with Gasteiger partial charge in [0.25, 0.3) is 0 Å². The lowest BCUT2D eigenvalue weighted by Crippen LogP contribution is -2.62. The minimum atomic E-state index is -0.769. The predicted molar refractivity (Wildman–Crippen MR) is 112 cm³/mol. The Morgan fingerprint density at radius 2 is 1.19 bits per heavy atom. The quantitative estimate of drug-likeness (QED) is 0.786. The molecule has 2 spiro atoms. The topological polar surface area (TPSA) is 66.4 Å². The minimum Gasteiger partial charge on any atom is -0.387 e. The zero-order chi connectivity index (χ0) is 20.9. The van der Waals surface area contributed by atoms with E-state index in [1.165, 1.54) is 12.8 Å². The molecule has 1 N–H and O–H groups in total. The molecule has 170 valence electrons. The smallest absolute Gasteiger partial charge is 0.169 e. The van der Waals surface area contributed by atoms with Gasteiger partial charge in [-0.05, 0) is 31.2 Å². The van der Waals surface area contributed by atoms with Crippen molar-refractivity contribution < 1.29 is 28.8 Å². The molecule has 0 amide bonds. The highest BCUT2D eigenvalue weighted by Gasteiger charge is 2.66. The molecule has 6 rings (SSSR count). The zero-order valence-electron chi connectivity index (χ0n) is 18.1. The maximum atomic E-state index is 11.3. The van der Waals surface area contributed by atoms with Crippen LogP contribution in [0.3, 0.4) is 0 Å². The molecule has 2 aliphatic heterocycles. The molecule has 0 aromatic heterocycles. The van der Waals surface area contributed by atoms with Crippen molar-refractivity contribution in [2.24, 2.45) is 0 Å². The summed E-state index contributed by atoms with van der Waals surface area (Å²) in [7, 11) is 0. The number of ether oxygens (including phenoxy) is 5. The highest BCUT2D eigenvalue weighted by molar-refractivity contribution is 5.15. The molecule has 2 unspecified atom stereocenters. The highest BCUT2D eigenvalue weighted by atomic mass is 16.8. The Bertz CT molecular complexity index is 715. The van der Waals surface area contributed by atoms with E-state index in [0.29, 0.717) is 6.61 Å². The Morgan fingerprint density at radius 1 is 0.710 bits per heavy atom. The van der Waals surface area contributed by atoms with Crippen molar-refractivity contribution in [1.29, 1.82) is 0 Å². The van der Waals surface area contributed by atoms with E-state index in [2.05, 4.69) is 12.1 Å². The van der Waals surface area contributed by atoms with Gasteiger partial charge in [-0.1, -0.05) is 43.2 Å². The second-order valence-electron chi connectivity index (χ2n) is 10.0. The molecule has 31 heavy (non-hydrogen) atoms. The normalized spacial score (nSPS) is 40.7. The maximum absolute atomic E-state index is 11.3. The fourth-order valence-electron chi connectivity index (χ4n) is 6.33. The first-order chi connectivity index (χ1) is 15.2. The first-order valence-corrected chi connectivity index (χ1v) is 12.2. The van der Waals surface area contributed by atoms with Crippen molar-refractivity contribution in [2.45, 2.75) is 119 Å². The van der Waals surface area contributed by atoms with Crippen molar-refractivity contribution in [2.75, 3.05) is 0 Å². The Hall–Kier alpha value is -1.02. The summed E-state index contributed by atoms with van der Waals surface area (Å²) >= 11 is 0. The molecule has 0 radical (unpaired) electrons. The number of hydrogen-bond donors (Lipinski definition) is 1. The summed E-state index contributed by atoms with van der Waals surface area (Å²) in [5.74, 6) is -1.19. The van der Waals surface area contributed by atoms with Crippen LogP contribution in [0, 0.1) is 0 Å². The van der Waals surface area contributed by atoms with E-state index in [9.17, 15) is 5.11 Å². The number of benzene rings is 1. The third kappa shape index (κ3) is 3.65. The fraction of sp³-hybridized carbons (Fsp3) is 0.760. The van der Waals surface area contributed by atoms with Crippen molar-refractivity contribution in [3.63, 3.8) is 0 Å². The van der Waals surface area contributed by atoms with Crippen LogP contribution in [0.4, 0.5) is 0 Å². The monoisotopic (exact) mass is 430 g/mol. The van der Waals surface area contributed by atoms with Crippen molar-refractivity contribution in [3.8, 4) is 0 Å². The summed E-state index contributed by atoms with van der Waals surface area (Å²) in [6.45, 7) is 0.473. The minimum absolute atomic E-state index is 0.332. The van der Waals surface area contributed by atoms with E-state index in [4.69, 9.17) is 23.7 Å². The van der Waals surface area contributed by atoms with Gasteiger partial charge >= 0.3 is 0 Å². The van der Waals surface area contributed by atoms with Crippen LogP contribution in [-0.4, -0.2) is 53.3 Å². The van der Waals surface area contributed by atoms with Crippen LogP contribution in [0.1, 0.15) is 69.8 Å². The summed E-state index contributed by atoms with van der Waals surface area (Å²) in [6.07, 6.45) is 7.60. The Kier molecular flexibility index (Phi) is 5.37. The molecule has 3 aliphatic carbocycles. The van der Waals surface area contributed by atoms with Crippen LogP contribution in [0.5, 0.6) is 0 Å². The van der Waals surface area contributed by atoms with Crippen LogP contribution in [0.2, 0.25) is 0 Å². The molecular weight excluding hydrogens is 396 g/mol. The van der Waals surface area contributed by atoms with E-state index >= 15 is 0 Å². The van der Waals surface area contributed by atoms with Gasteiger partial charge in [-0.25, -0.2) is 0 Å². The first-order valence-electron chi connectivity index (χ1n) is 12.2. The van der Waals surface area contributed by atoms with E-state index < -0.39 is 29.9 Å². The van der Waals surface area contributed by atoms with Gasteiger partial charge in [0.05, 0.1) is 6.61 Å². The van der Waals surface area contributed by atoms with Crippen LogP contribution in [-0.2, 0) is 30.3 Å². The van der Waals surface area contributed by atoms with Crippen LogP contribution < -0.4 is 0 Å². The van der Waals surface area contributed by atoms with Crippen LogP contribution >= 0.6 is 0 Å². The summed E-state index contributed by atoms with van der Waals surface area (Å²) in [4.78, 5) is 0. The Morgan fingerprint density at radius 3 is 1.71 bits per heavy atom. The number of aliphatic hydroxyl groups excluding tert-OH is 1. The standard InChI is InChI=1S/C25H34O6/c26-18-19-22(30-24(28-19)12-6-2-7-13-24)21(27-16-17-10-4-1-5-11-17)23-20(18)29-25(31-23)14-8-3-9-15-25/h1,4-5,10-11,18-23,26H,2-3,6-9,12-16H2/t18?,19-,20+,21?,22-,23-/m0/s1. The average Bonchev–Trinajstić information content (AvgIpc) is 3.35. The summed E-state index contributed by atoms with van der Waals surface area (Å²) in [5, 5.41) is 11.3. The number of rotatable bonds is 3. The van der Waals surface area contributed by atoms with Crippen molar-refractivity contribution >= 4 is 0 Å². The molecule has 3 saturated carbocycles. The molecule has 5 aliphatic rings. The molecule has 6 nitrogen and oxygen atoms in total. The predicted octanol–water partition coefficient (Wildman–Crippen LogP) is 3.84. The molecule has 5 fully saturated rings. The fourth-order valence-corrected chi connectivity index (χ4v) is 6.33. The summed E-state index contributed by atoms with van der Waals surface area (Å²) < 4.78 is 32.7. The van der Waals surface area contributed by atoms with Crippen molar-refractivity contribution in [3.05, 3.63) is 35.9 Å². The van der Waals surface area contributed by atoms with Crippen LogP contribution in [0.15, 0.2) is 30.3 Å². The lowest BCUT2D eigenvalue weighted by atomic mass is 9.85. The summed E-state index contributed by atoms with van der Waals surface area (Å²) in [6, 6.07) is 10.2. The Balaban J connectivity index is 1.28. The Labute approximate surface area is 184 Å². The molecular formula is C25H34O6. The van der Waals surface area contributed by atoms with Gasteiger partial charge in [-0.2, -0.15) is 0 Å². The maximum Gasteiger partial charge on any atom is 0.169 e. The van der Waals surface area contributed by atoms with E-state index in [-0.39, 0.29) is 18.3 Å². The van der Waals surface area contributed by atoms with E-state index in [1.54, 1.807) is 0 Å². The molecule has 2 saturated heterocycles. The molecule has 6 heteroatoms. The van der Waals surface area contributed by atoms with Gasteiger partial charge in [-0.15, -0.1) is 0 Å². The van der Waals surface area contributed by atoms with E-state index in [1.807, 2.05) is 18.2 Å². The van der Waals surface area contributed by atoms with Gasteiger partial charge in [0.15, 0.2) is 11.6 Å². The molecule has 2 heterocycles. The lowest BCUT2D eigenvalue weighted by Gasteiger charge is -2.40. The van der Waals surface area contributed by atoms with Gasteiger partial charge in [0.2, 0.25) is 0 Å². The molecule has 1 aromatic rings. The SMILES string of the molecule is OC1[C@H]2OC3(CCCCC3)O[C@@H]2C(OCc2ccccc2)[C@H]2OC3(CCCCC3)O[C@@H]12. The number of fused-ring (bicyclic) bond motifs is 2. The lowest BCUT2D eigenvalue weighted by molar-refractivity contribution is -0.227. The summed E-state index contributed by atoms with van der Waals surface area (Å²) in [5.41, 5.74) is 1.11. The van der Waals surface area contributed by atoms with Gasteiger partial charge in [0, 0.05) is 25.7 Å². The zero-order valence-corrected chi connectivity index (χ0v) is 18.1. The van der Waals surface area contributed by atoms with Crippen molar-refractivity contribution in [1.82, 2.24) is 0 Å². The second-order valence-corrected chi connectivity index (χ2v) is 10.0. The molecule has 6 atom stereocenters. The highest BCUT2D eigenvalue weighted by Crippen LogP contribution is 2.51. The van der Waals surface area contributed by atoms with E-state index in [0.717, 1.165) is 56.9 Å².